The lowest BCUT2D eigenvalue weighted by Crippen LogP contribution is -2.40. The van der Waals surface area contributed by atoms with Gasteiger partial charge in [-0.1, -0.05) is 13.0 Å². The van der Waals surface area contributed by atoms with Crippen molar-refractivity contribution in [1.29, 1.82) is 0 Å². The number of rotatable bonds is 4. The van der Waals surface area contributed by atoms with Crippen LogP contribution in [0.4, 0.5) is 0 Å². The Balaban J connectivity index is 1.44. The molecule has 2 N–H and O–H groups in total. The molecule has 0 unspecified atom stereocenters. The zero-order chi connectivity index (χ0) is 21.5. The first-order valence-corrected chi connectivity index (χ1v) is 10.9. The van der Waals surface area contributed by atoms with Crippen molar-refractivity contribution in [3.05, 3.63) is 59.2 Å². The maximum atomic E-state index is 12.9. The van der Waals surface area contributed by atoms with E-state index in [1.807, 2.05) is 29.3 Å². The highest BCUT2D eigenvalue weighted by Gasteiger charge is 2.23. The summed E-state index contributed by atoms with van der Waals surface area (Å²) in [4.78, 5) is 27.3. The Bertz CT molecular complexity index is 1260. The summed E-state index contributed by atoms with van der Waals surface area (Å²) in [5.74, 6) is 1.02. The van der Waals surface area contributed by atoms with E-state index in [-0.39, 0.29) is 12.0 Å². The van der Waals surface area contributed by atoms with E-state index < -0.39 is 0 Å². The number of aliphatic hydroxyl groups excluding tert-OH is 1. The predicted molar refractivity (Wildman–Crippen MR) is 120 cm³/mol. The van der Waals surface area contributed by atoms with Crippen molar-refractivity contribution in [2.75, 3.05) is 13.1 Å². The number of pyridine rings is 1. The van der Waals surface area contributed by atoms with E-state index in [0.29, 0.717) is 38.2 Å². The van der Waals surface area contributed by atoms with Gasteiger partial charge in [-0.2, -0.15) is 0 Å². The molecule has 0 bridgehead atoms. The molecule has 7 nitrogen and oxygen atoms in total. The van der Waals surface area contributed by atoms with Gasteiger partial charge in [0.25, 0.3) is 5.91 Å². The third kappa shape index (κ3) is 3.59. The first-order chi connectivity index (χ1) is 15.0. The standard InChI is InChI=1S/C24H27N5O2/c1-3-21-27-22-15(2)6-9-25-23(22)29(21)14-16-4-5-19-17(12-16)13-20(26-19)24(31)28-10-7-18(30)8-11-28/h4-6,9,12-13,18,26,30H,3,7-8,10-11,14H2,1-2H3. The van der Waals surface area contributed by atoms with Crippen LogP contribution in [0.5, 0.6) is 0 Å². The van der Waals surface area contributed by atoms with Gasteiger partial charge in [0.2, 0.25) is 0 Å². The number of hydrogen-bond acceptors (Lipinski definition) is 4. The second kappa shape index (κ2) is 7.81. The van der Waals surface area contributed by atoms with Crippen molar-refractivity contribution in [3.8, 4) is 0 Å². The van der Waals surface area contributed by atoms with Gasteiger partial charge >= 0.3 is 0 Å². The van der Waals surface area contributed by atoms with Crippen LogP contribution < -0.4 is 0 Å². The first-order valence-electron chi connectivity index (χ1n) is 10.9. The summed E-state index contributed by atoms with van der Waals surface area (Å²) >= 11 is 0. The number of carbonyl (C=O) groups excluding carboxylic acids is 1. The fourth-order valence-corrected chi connectivity index (χ4v) is 4.44. The minimum absolute atomic E-state index is 0.00167. The second-order valence-corrected chi connectivity index (χ2v) is 8.40. The summed E-state index contributed by atoms with van der Waals surface area (Å²) in [5.41, 5.74) is 5.69. The number of hydrogen-bond donors (Lipinski definition) is 2. The number of aryl methyl sites for hydroxylation is 2. The van der Waals surface area contributed by atoms with Gasteiger partial charge in [0, 0.05) is 36.6 Å². The second-order valence-electron chi connectivity index (χ2n) is 8.40. The molecule has 0 aliphatic carbocycles. The molecule has 160 valence electrons. The number of fused-ring (bicyclic) bond motifs is 2. The molecule has 31 heavy (non-hydrogen) atoms. The summed E-state index contributed by atoms with van der Waals surface area (Å²) in [5, 5.41) is 10.7. The Morgan fingerprint density at radius 3 is 2.81 bits per heavy atom. The number of likely N-dealkylation sites (tertiary alicyclic amines) is 1. The summed E-state index contributed by atoms with van der Waals surface area (Å²) in [6.45, 7) is 6.06. The maximum absolute atomic E-state index is 12.9. The van der Waals surface area contributed by atoms with Crippen molar-refractivity contribution in [2.45, 2.75) is 45.8 Å². The molecule has 0 saturated carbocycles. The zero-order valence-corrected chi connectivity index (χ0v) is 17.9. The number of carbonyl (C=O) groups is 1. The number of benzene rings is 1. The van der Waals surface area contributed by atoms with Gasteiger partial charge in [0.15, 0.2) is 5.65 Å². The average Bonchev–Trinajstić information content (AvgIpc) is 3.36. The Labute approximate surface area is 180 Å². The third-order valence-electron chi connectivity index (χ3n) is 6.24. The molecule has 5 rings (SSSR count). The molecular formula is C24H27N5O2. The highest BCUT2D eigenvalue weighted by atomic mass is 16.3. The molecule has 0 atom stereocenters. The molecule has 3 aromatic heterocycles. The molecule has 1 aliphatic heterocycles. The number of nitrogens with one attached hydrogen (secondary N) is 1. The van der Waals surface area contributed by atoms with Gasteiger partial charge in [0.05, 0.1) is 12.6 Å². The highest BCUT2D eigenvalue weighted by molar-refractivity contribution is 5.98. The maximum Gasteiger partial charge on any atom is 0.270 e. The van der Waals surface area contributed by atoms with Crippen LogP contribution >= 0.6 is 0 Å². The zero-order valence-electron chi connectivity index (χ0n) is 17.9. The van der Waals surface area contributed by atoms with Crippen molar-refractivity contribution < 1.29 is 9.90 Å². The van der Waals surface area contributed by atoms with E-state index in [0.717, 1.165) is 45.4 Å². The number of aromatic nitrogens is 4. The topological polar surface area (TPSA) is 87.0 Å². The molecule has 0 spiro atoms. The van der Waals surface area contributed by atoms with Crippen LogP contribution in [0.2, 0.25) is 0 Å². The Kier molecular flexibility index (Phi) is 4.98. The van der Waals surface area contributed by atoms with Crippen LogP contribution in [0.15, 0.2) is 36.5 Å². The lowest BCUT2D eigenvalue weighted by atomic mass is 10.1. The van der Waals surface area contributed by atoms with Crippen LogP contribution in [-0.4, -0.2) is 54.6 Å². The smallest absolute Gasteiger partial charge is 0.270 e. The molecule has 1 aromatic carbocycles. The van der Waals surface area contributed by atoms with Gasteiger partial charge in [-0.25, -0.2) is 9.97 Å². The number of piperidine rings is 1. The molecular weight excluding hydrogens is 390 g/mol. The molecule has 1 saturated heterocycles. The van der Waals surface area contributed by atoms with Gasteiger partial charge < -0.3 is 19.6 Å². The lowest BCUT2D eigenvalue weighted by Gasteiger charge is -2.29. The van der Waals surface area contributed by atoms with E-state index in [9.17, 15) is 9.90 Å². The van der Waals surface area contributed by atoms with E-state index >= 15 is 0 Å². The van der Waals surface area contributed by atoms with Crippen molar-refractivity contribution in [2.24, 2.45) is 0 Å². The van der Waals surface area contributed by atoms with Crippen LogP contribution in [0.25, 0.3) is 22.1 Å². The Morgan fingerprint density at radius 2 is 2.03 bits per heavy atom. The van der Waals surface area contributed by atoms with Crippen LogP contribution in [0, 0.1) is 6.92 Å². The average molecular weight is 418 g/mol. The van der Waals surface area contributed by atoms with Crippen LogP contribution in [-0.2, 0) is 13.0 Å². The first kappa shape index (κ1) is 19.8. The van der Waals surface area contributed by atoms with Gasteiger partial charge in [-0.15, -0.1) is 0 Å². The summed E-state index contributed by atoms with van der Waals surface area (Å²) in [6, 6.07) is 10.2. The number of nitrogens with zero attached hydrogens (tertiary/aromatic N) is 4. The predicted octanol–water partition coefficient (Wildman–Crippen LogP) is 3.43. The molecule has 1 aliphatic rings. The monoisotopic (exact) mass is 417 g/mol. The number of imidazole rings is 1. The fourth-order valence-electron chi connectivity index (χ4n) is 4.44. The number of H-pyrrole nitrogens is 1. The molecule has 4 heterocycles. The normalized spacial score (nSPS) is 15.3. The fraction of sp³-hybridized carbons (Fsp3) is 0.375. The molecule has 7 heteroatoms. The molecule has 1 amide bonds. The van der Waals surface area contributed by atoms with E-state index in [1.165, 1.54) is 0 Å². The third-order valence-corrected chi connectivity index (χ3v) is 6.24. The van der Waals surface area contributed by atoms with E-state index in [1.54, 1.807) is 0 Å². The van der Waals surface area contributed by atoms with Gasteiger partial charge in [-0.05, 0) is 55.2 Å². The lowest BCUT2D eigenvalue weighted by molar-refractivity contribution is 0.0542. The highest BCUT2D eigenvalue weighted by Crippen LogP contribution is 2.23. The van der Waals surface area contributed by atoms with Crippen LogP contribution in [0.3, 0.4) is 0 Å². The minimum atomic E-state index is -0.292. The van der Waals surface area contributed by atoms with Crippen molar-refractivity contribution in [1.82, 2.24) is 24.4 Å². The molecule has 0 radical (unpaired) electrons. The quantitative estimate of drug-likeness (QED) is 0.533. The molecule has 4 aromatic rings. The van der Waals surface area contributed by atoms with Gasteiger partial charge in [0.1, 0.15) is 17.0 Å². The summed E-state index contributed by atoms with van der Waals surface area (Å²) < 4.78 is 2.18. The summed E-state index contributed by atoms with van der Waals surface area (Å²) in [6.07, 6.45) is 3.66. The largest absolute Gasteiger partial charge is 0.393 e. The number of aliphatic hydroxyl groups is 1. The minimum Gasteiger partial charge on any atom is -0.393 e. The van der Waals surface area contributed by atoms with E-state index in [4.69, 9.17) is 4.98 Å². The number of amides is 1. The summed E-state index contributed by atoms with van der Waals surface area (Å²) in [7, 11) is 0. The molecule has 1 fully saturated rings. The van der Waals surface area contributed by atoms with Crippen molar-refractivity contribution >= 4 is 28.0 Å². The Morgan fingerprint density at radius 1 is 1.23 bits per heavy atom. The SMILES string of the molecule is CCc1nc2c(C)ccnc2n1Cc1ccc2[nH]c(C(=O)N3CCC(O)CC3)cc2c1. The van der Waals surface area contributed by atoms with E-state index in [2.05, 4.69) is 40.5 Å². The van der Waals surface area contributed by atoms with Gasteiger partial charge in [-0.3, -0.25) is 4.79 Å². The number of aromatic amines is 1. The van der Waals surface area contributed by atoms with Crippen LogP contribution in [0.1, 0.15) is 47.2 Å². The van der Waals surface area contributed by atoms with Crippen molar-refractivity contribution in [3.63, 3.8) is 0 Å². The Hall–Kier alpha value is -3.19.